The second-order valence-electron chi connectivity index (χ2n) is 2.36. The van der Waals surface area contributed by atoms with E-state index in [0.717, 1.165) is 0 Å². The van der Waals surface area contributed by atoms with Crippen LogP contribution in [0.2, 0.25) is 5.28 Å². The fourth-order valence-electron chi connectivity index (χ4n) is 0.770. The molecule has 76 valence electrons. The summed E-state index contributed by atoms with van der Waals surface area (Å²) in [5.74, 6) is 0.403. The van der Waals surface area contributed by atoms with Crippen LogP contribution in [0.5, 0.6) is 6.01 Å². The van der Waals surface area contributed by atoms with E-state index in [1.165, 1.54) is 7.11 Å². The first-order valence-electron chi connectivity index (χ1n) is 4.07. The highest BCUT2D eigenvalue weighted by Crippen LogP contribution is 2.10. The van der Waals surface area contributed by atoms with Crippen LogP contribution >= 0.6 is 11.6 Å². The minimum absolute atomic E-state index is 0.111. The molecule has 0 saturated heterocycles. The van der Waals surface area contributed by atoms with Gasteiger partial charge in [-0.25, -0.2) is 0 Å². The van der Waals surface area contributed by atoms with E-state index in [4.69, 9.17) is 16.3 Å². The molecule has 1 N–H and O–H groups in total. The second kappa shape index (κ2) is 5.39. The van der Waals surface area contributed by atoms with Crippen LogP contribution in [-0.4, -0.2) is 28.6 Å². The molecule has 0 aliphatic rings. The molecule has 0 amide bonds. The quantitative estimate of drug-likeness (QED) is 0.771. The molecule has 0 atom stereocenters. The van der Waals surface area contributed by atoms with Gasteiger partial charge in [-0.3, -0.25) is 0 Å². The molecule has 1 aromatic heterocycles. The Labute approximate surface area is 87.2 Å². The summed E-state index contributed by atoms with van der Waals surface area (Å²) in [6, 6.07) is 0.202. The summed E-state index contributed by atoms with van der Waals surface area (Å²) in [6.45, 7) is 2.57. The van der Waals surface area contributed by atoms with Gasteiger partial charge in [-0.1, -0.05) is 12.2 Å². The van der Waals surface area contributed by atoms with Crippen molar-refractivity contribution in [2.75, 3.05) is 19.0 Å². The van der Waals surface area contributed by atoms with Crippen molar-refractivity contribution in [3.05, 3.63) is 17.4 Å². The van der Waals surface area contributed by atoms with E-state index in [2.05, 4.69) is 20.3 Å². The third-order valence-electron chi connectivity index (χ3n) is 1.38. The number of hydrogen-bond acceptors (Lipinski definition) is 5. The number of allylic oxidation sites excluding steroid dienone is 1. The molecule has 0 aliphatic heterocycles. The monoisotopic (exact) mass is 214 g/mol. The minimum atomic E-state index is 0.111. The Morgan fingerprint density at radius 2 is 2.21 bits per heavy atom. The predicted octanol–water partition coefficient (Wildman–Crippen LogP) is 1.52. The molecule has 0 radical (unpaired) electrons. The van der Waals surface area contributed by atoms with E-state index in [9.17, 15) is 0 Å². The van der Waals surface area contributed by atoms with Crippen molar-refractivity contribution in [1.29, 1.82) is 0 Å². The molecule has 14 heavy (non-hydrogen) atoms. The largest absolute Gasteiger partial charge is 0.467 e. The summed E-state index contributed by atoms with van der Waals surface area (Å²) >= 11 is 5.64. The molecule has 0 aliphatic carbocycles. The van der Waals surface area contributed by atoms with Gasteiger partial charge in [0, 0.05) is 6.54 Å². The summed E-state index contributed by atoms with van der Waals surface area (Å²) in [5, 5.41) is 3.06. The first kappa shape index (κ1) is 10.7. The zero-order valence-electron chi connectivity index (χ0n) is 7.99. The molecule has 6 heteroatoms. The van der Waals surface area contributed by atoms with Crippen LogP contribution in [-0.2, 0) is 0 Å². The van der Waals surface area contributed by atoms with Crippen LogP contribution in [0.15, 0.2) is 12.2 Å². The van der Waals surface area contributed by atoms with Gasteiger partial charge in [0.15, 0.2) is 0 Å². The summed E-state index contributed by atoms with van der Waals surface area (Å²) < 4.78 is 4.84. The lowest BCUT2D eigenvalue weighted by Gasteiger charge is -2.03. The van der Waals surface area contributed by atoms with Crippen LogP contribution in [0.25, 0.3) is 0 Å². The number of rotatable bonds is 4. The summed E-state index contributed by atoms with van der Waals surface area (Å²) in [6.07, 6.45) is 3.86. The summed E-state index contributed by atoms with van der Waals surface area (Å²) in [5.41, 5.74) is 0. The van der Waals surface area contributed by atoms with Crippen molar-refractivity contribution in [3.63, 3.8) is 0 Å². The van der Waals surface area contributed by atoms with Gasteiger partial charge in [0.2, 0.25) is 11.2 Å². The Balaban J connectivity index is 2.71. The van der Waals surface area contributed by atoms with Crippen LogP contribution in [0.3, 0.4) is 0 Å². The van der Waals surface area contributed by atoms with E-state index in [-0.39, 0.29) is 11.3 Å². The average Bonchev–Trinajstić information content (AvgIpc) is 2.17. The van der Waals surface area contributed by atoms with Crippen LogP contribution in [0.1, 0.15) is 6.92 Å². The molecular weight excluding hydrogens is 204 g/mol. The van der Waals surface area contributed by atoms with Crippen LogP contribution in [0, 0.1) is 0 Å². The van der Waals surface area contributed by atoms with Gasteiger partial charge in [0.05, 0.1) is 7.11 Å². The maximum atomic E-state index is 5.64. The van der Waals surface area contributed by atoms with Gasteiger partial charge in [-0.2, -0.15) is 15.0 Å². The molecular formula is C8H11ClN4O. The number of aromatic nitrogens is 3. The molecule has 0 unspecified atom stereocenters. The molecule has 0 aromatic carbocycles. The Morgan fingerprint density at radius 3 is 2.86 bits per heavy atom. The topological polar surface area (TPSA) is 59.9 Å². The SMILES string of the molecule is C/C=C/CNc1nc(Cl)nc(OC)n1. The first-order valence-corrected chi connectivity index (χ1v) is 4.44. The minimum Gasteiger partial charge on any atom is -0.467 e. The molecule has 5 nitrogen and oxygen atoms in total. The van der Waals surface area contributed by atoms with E-state index in [1.54, 1.807) is 0 Å². The van der Waals surface area contributed by atoms with E-state index in [0.29, 0.717) is 12.5 Å². The number of nitrogens with zero attached hydrogens (tertiary/aromatic N) is 3. The average molecular weight is 215 g/mol. The normalized spacial score (nSPS) is 10.5. The molecule has 0 saturated carbocycles. The third-order valence-corrected chi connectivity index (χ3v) is 1.55. The first-order chi connectivity index (χ1) is 6.76. The van der Waals surface area contributed by atoms with Crippen molar-refractivity contribution in [3.8, 4) is 6.01 Å². The van der Waals surface area contributed by atoms with E-state index >= 15 is 0 Å². The molecule has 0 bridgehead atoms. The number of hydrogen-bond donors (Lipinski definition) is 1. The molecule has 0 spiro atoms. The van der Waals surface area contributed by atoms with E-state index < -0.39 is 0 Å². The van der Waals surface area contributed by atoms with Crippen molar-refractivity contribution in [2.24, 2.45) is 0 Å². The lowest BCUT2D eigenvalue weighted by atomic mass is 10.5. The zero-order valence-corrected chi connectivity index (χ0v) is 8.75. The lowest BCUT2D eigenvalue weighted by molar-refractivity contribution is 0.379. The fraction of sp³-hybridized carbons (Fsp3) is 0.375. The Bertz CT molecular complexity index is 329. The van der Waals surface area contributed by atoms with Gasteiger partial charge in [0.25, 0.3) is 0 Å². The molecule has 1 rings (SSSR count). The molecule has 1 aromatic rings. The van der Waals surface area contributed by atoms with Crippen LogP contribution < -0.4 is 10.1 Å². The Morgan fingerprint density at radius 1 is 1.43 bits per heavy atom. The maximum absolute atomic E-state index is 5.64. The number of methoxy groups -OCH3 is 1. The summed E-state index contributed by atoms with van der Waals surface area (Å²) in [7, 11) is 1.47. The molecule has 0 fully saturated rings. The smallest absolute Gasteiger partial charge is 0.322 e. The summed E-state index contributed by atoms with van der Waals surface area (Å²) in [4.78, 5) is 11.6. The van der Waals surface area contributed by atoms with Gasteiger partial charge in [0.1, 0.15) is 0 Å². The van der Waals surface area contributed by atoms with Gasteiger partial charge >= 0.3 is 6.01 Å². The van der Waals surface area contributed by atoms with Gasteiger partial charge in [-0.15, -0.1) is 0 Å². The third kappa shape index (κ3) is 3.18. The van der Waals surface area contributed by atoms with Crippen molar-refractivity contribution in [1.82, 2.24) is 15.0 Å². The second-order valence-corrected chi connectivity index (χ2v) is 2.70. The Hall–Kier alpha value is -1.36. The maximum Gasteiger partial charge on any atom is 0.322 e. The van der Waals surface area contributed by atoms with Gasteiger partial charge < -0.3 is 10.1 Å². The number of ether oxygens (including phenoxy) is 1. The van der Waals surface area contributed by atoms with Crippen LogP contribution in [0.4, 0.5) is 5.95 Å². The highest BCUT2D eigenvalue weighted by molar-refractivity contribution is 6.28. The standard InChI is InChI=1S/C8H11ClN4O/c1-3-4-5-10-7-11-6(9)12-8(13-7)14-2/h3-4H,5H2,1-2H3,(H,10,11,12,13)/b4-3+. The van der Waals surface area contributed by atoms with Crippen molar-refractivity contribution >= 4 is 17.5 Å². The highest BCUT2D eigenvalue weighted by Gasteiger charge is 2.02. The fourth-order valence-corrected chi connectivity index (χ4v) is 0.923. The molecule has 1 heterocycles. The number of anilines is 1. The number of nitrogens with one attached hydrogen (secondary N) is 1. The zero-order chi connectivity index (χ0) is 10.4. The van der Waals surface area contributed by atoms with Crippen molar-refractivity contribution in [2.45, 2.75) is 6.92 Å². The van der Waals surface area contributed by atoms with Gasteiger partial charge in [-0.05, 0) is 18.5 Å². The van der Waals surface area contributed by atoms with E-state index in [1.807, 2.05) is 19.1 Å². The predicted molar refractivity (Wildman–Crippen MR) is 54.7 cm³/mol. The highest BCUT2D eigenvalue weighted by atomic mass is 35.5. The van der Waals surface area contributed by atoms with Crippen molar-refractivity contribution < 1.29 is 4.74 Å². The Kier molecular flexibility index (Phi) is 4.12. The lowest BCUT2D eigenvalue weighted by Crippen LogP contribution is -2.05. The number of halogens is 1.